The molecule has 0 saturated heterocycles. The first-order valence-electron chi connectivity index (χ1n) is 3.78. The van der Waals surface area contributed by atoms with Crippen LogP contribution >= 0.6 is 0 Å². The minimum absolute atomic E-state index is 0.364. The molecule has 0 atom stereocenters. The van der Waals surface area contributed by atoms with Gasteiger partial charge in [-0.25, -0.2) is 0 Å². The van der Waals surface area contributed by atoms with Crippen LogP contribution in [0.2, 0.25) is 0 Å². The number of ether oxygens (including phenoxy) is 2. The van der Waals surface area contributed by atoms with Gasteiger partial charge in [0.25, 0.3) is 0 Å². The van der Waals surface area contributed by atoms with Gasteiger partial charge in [0.05, 0.1) is 0 Å². The summed E-state index contributed by atoms with van der Waals surface area (Å²) in [5.74, 6) is 1.74. The van der Waals surface area contributed by atoms with Crippen molar-refractivity contribution < 1.29 is 9.47 Å². The summed E-state index contributed by atoms with van der Waals surface area (Å²) in [6.07, 6.45) is 1.04. The van der Waals surface area contributed by atoms with Crippen LogP contribution in [0.1, 0.15) is 12.5 Å². The summed E-state index contributed by atoms with van der Waals surface area (Å²) >= 11 is 0. The monoisotopic (exact) mass is 150 g/mol. The van der Waals surface area contributed by atoms with E-state index in [1.54, 1.807) is 0 Å². The van der Waals surface area contributed by atoms with E-state index in [-0.39, 0.29) is 0 Å². The smallest absolute Gasteiger partial charge is 0.231 e. The lowest BCUT2D eigenvalue weighted by Crippen LogP contribution is -1.92. The third kappa shape index (κ3) is 1.04. The molecule has 0 radical (unpaired) electrons. The summed E-state index contributed by atoms with van der Waals surface area (Å²) in [6, 6.07) is 6.05. The van der Waals surface area contributed by atoms with E-state index in [9.17, 15) is 0 Å². The molecule has 11 heavy (non-hydrogen) atoms. The van der Waals surface area contributed by atoms with E-state index in [0.29, 0.717) is 6.79 Å². The van der Waals surface area contributed by atoms with Crippen LogP contribution in [0.15, 0.2) is 18.2 Å². The van der Waals surface area contributed by atoms with Crippen LogP contribution in [-0.2, 0) is 6.42 Å². The van der Waals surface area contributed by atoms with Crippen LogP contribution in [0.25, 0.3) is 0 Å². The Bertz CT molecular complexity index is 268. The lowest BCUT2D eigenvalue weighted by atomic mass is 10.1. The third-order valence-corrected chi connectivity index (χ3v) is 1.85. The topological polar surface area (TPSA) is 18.5 Å². The van der Waals surface area contributed by atoms with Gasteiger partial charge in [0, 0.05) is 0 Å². The lowest BCUT2D eigenvalue weighted by Gasteiger charge is -1.97. The SMILES string of the molecule is CCc1ccc2c(c1)OCO2. The van der Waals surface area contributed by atoms with Gasteiger partial charge in [0.1, 0.15) is 0 Å². The molecule has 2 nitrogen and oxygen atoms in total. The number of benzene rings is 1. The second-order valence-electron chi connectivity index (χ2n) is 2.54. The van der Waals surface area contributed by atoms with E-state index in [2.05, 4.69) is 13.0 Å². The molecule has 2 heteroatoms. The van der Waals surface area contributed by atoms with E-state index >= 15 is 0 Å². The molecular weight excluding hydrogens is 140 g/mol. The molecule has 0 fully saturated rings. The molecule has 1 aliphatic rings. The van der Waals surface area contributed by atoms with Gasteiger partial charge in [0.15, 0.2) is 11.5 Å². The van der Waals surface area contributed by atoms with Gasteiger partial charge >= 0.3 is 0 Å². The molecule has 1 aromatic rings. The maximum atomic E-state index is 5.22. The van der Waals surface area contributed by atoms with E-state index in [1.807, 2.05) is 12.1 Å². The average Bonchev–Trinajstić information content (AvgIpc) is 2.50. The van der Waals surface area contributed by atoms with Gasteiger partial charge in [-0.05, 0) is 24.1 Å². The van der Waals surface area contributed by atoms with Gasteiger partial charge in [-0.15, -0.1) is 0 Å². The number of aryl methyl sites for hydroxylation is 1. The standard InChI is InChI=1S/C9H10O2/c1-2-7-3-4-8-9(5-7)11-6-10-8/h3-5H,2,6H2,1H3. The van der Waals surface area contributed by atoms with Crippen LogP contribution < -0.4 is 9.47 Å². The summed E-state index contributed by atoms with van der Waals surface area (Å²) in [4.78, 5) is 0. The maximum absolute atomic E-state index is 5.22. The quantitative estimate of drug-likeness (QED) is 0.609. The Morgan fingerprint density at radius 3 is 2.91 bits per heavy atom. The van der Waals surface area contributed by atoms with Crippen molar-refractivity contribution in [2.75, 3.05) is 6.79 Å². The fourth-order valence-electron chi connectivity index (χ4n) is 1.16. The Hall–Kier alpha value is -1.18. The molecule has 1 aromatic carbocycles. The predicted octanol–water partition coefficient (Wildman–Crippen LogP) is 1.98. The second-order valence-corrected chi connectivity index (χ2v) is 2.54. The van der Waals surface area contributed by atoms with Crippen molar-refractivity contribution in [1.29, 1.82) is 0 Å². The Morgan fingerprint density at radius 1 is 1.27 bits per heavy atom. The van der Waals surface area contributed by atoms with Crippen LogP contribution in [0.3, 0.4) is 0 Å². The van der Waals surface area contributed by atoms with Crippen molar-refractivity contribution in [3.8, 4) is 11.5 Å². The average molecular weight is 150 g/mol. The highest BCUT2D eigenvalue weighted by molar-refractivity contribution is 5.44. The molecule has 0 spiro atoms. The first kappa shape index (κ1) is 6.53. The maximum Gasteiger partial charge on any atom is 0.231 e. The van der Waals surface area contributed by atoms with Gasteiger partial charge < -0.3 is 9.47 Å². The van der Waals surface area contributed by atoms with Gasteiger partial charge in [0.2, 0.25) is 6.79 Å². The van der Waals surface area contributed by atoms with Crippen LogP contribution in [0.4, 0.5) is 0 Å². The fourth-order valence-corrected chi connectivity index (χ4v) is 1.16. The zero-order valence-corrected chi connectivity index (χ0v) is 6.46. The second kappa shape index (κ2) is 2.46. The summed E-state index contributed by atoms with van der Waals surface area (Å²) in [5.41, 5.74) is 1.29. The van der Waals surface area contributed by atoms with E-state index in [4.69, 9.17) is 9.47 Å². The number of hydrogen-bond acceptors (Lipinski definition) is 2. The van der Waals surface area contributed by atoms with Crippen molar-refractivity contribution in [3.63, 3.8) is 0 Å². The summed E-state index contributed by atoms with van der Waals surface area (Å²) in [5, 5.41) is 0. The molecule has 0 N–H and O–H groups in total. The molecule has 58 valence electrons. The minimum atomic E-state index is 0.364. The largest absolute Gasteiger partial charge is 0.454 e. The molecule has 0 aromatic heterocycles. The molecule has 0 amide bonds. The third-order valence-electron chi connectivity index (χ3n) is 1.85. The molecule has 1 heterocycles. The van der Waals surface area contributed by atoms with Crippen molar-refractivity contribution in [2.45, 2.75) is 13.3 Å². The van der Waals surface area contributed by atoms with E-state index in [1.165, 1.54) is 5.56 Å². The zero-order chi connectivity index (χ0) is 7.68. The Kier molecular flexibility index (Phi) is 1.46. The fraction of sp³-hybridized carbons (Fsp3) is 0.333. The number of hydrogen-bond donors (Lipinski definition) is 0. The van der Waals surface area contributed by atoms with E-state index in [0.717, 1.165) is 17.9 Å². The Morgan fingerprint density at radius 2 is 2.09 bits per heavy atom. The highest BCUT2D eigenvalue weighted by Gasteiger charge is 2.11. The van der Waals surface area contributed by atoms with Crippen molar-refractivity contribution in [2.24, 2.45) is 0 Å². The molecule has 0 aliphatic carbocycles. The Labute approximate surface area is 65.7 Å². The summed E-state index contributed by atoms with van der Waals surface area (Å²) in [6.45, 7) is 2.49. The zero-order valence-electron chi connectivity index (χ0n) is 6.46. The number of rotatable bonds is 1. The predicted molar refractivity (Wildman–Crippen MR) is 41.9 cm³/mol. The Balaban J connectivity index is 2.41. The van der Waals surface area contributed by atoms with Crippen molar-refractivity contribution in [1.82, 2.24) is 0 Å². The summed E-state index contributed by atoms with van der Waals surface area (Å²) < 4.78 is 10.4. The first-order valence-corrected chi connectivity index (χ1v) is 3.78. The highest BCUT2D eigenvalue weighted by Crippen LogP contribution is 2.32. The van der Waals surface area contributed by atoms with Gasteiger partial charge in [-0.1, -0.05) is 13.0 Å². The minimum Gasteiger partial charge on any atom is -0.454 e. The molecule has 1 aliphatic heterocycles. The molecule has 0 unspecified atom stereocenters. The van der Waals surface area contributed by atoms with Gasteiger partial charge in [-0.3, -0.25) is 0 Å². The lowest BCUT2D eigenvalue weighted by molar-refractivity contribution is 0.174. The van der Waals surface area contributed by atoms with Crippen molar-refractivity contribution >= 4 is 0 Å². The van der Waals surface area contributed by atoms with Gasteiger partial charge in [-0.2, -0.15) is 0 Å². The molecule has 0 saturated carbocycles. The summed E-state index contributed by atoms with van der Waals surface area (Å²) in [7, 11) is 0. The molecule has 0 bridgehead atoms. The molecular formula is C9H10O2. The van der Waals surface area contributed by atoms with Crippen molar-refractivity contribution in [3.05, 3.63) is 23.8 Å². The highest BCUT2D eigenvalue weighted by atomic mass is 16.7. The van der Waals surface area contributed by atoms with Crippen LogP contribution in [0.5, 0.6) is 11.5 Å². The molecule has 2 rings (SSSR count). The van der Waals surface area contributed by atoms with Crippen LogP contribution in [0, 0.1) is 0 Å². The number of fused-ring (bicyclic) bond motifs is 1. The van der Waals surface area contributed by atoms with Crippen LogP contribution in [-0.4, -0.2) is 6.79 Å². The van der Waals surface area contributed by atoms with E-state index < -0.39 is 0 Å². The first-order chi connectivity index (χ1) is 5.40. The normalized spacial score (nSPS) is 13.5.